The van der Waals surface area contributed by atoms with Crippen LogP contribution in [0.1, 0.15) is 59.3 Å². The summed E-state index contributed by atoms with van der Waals surface area (Å²) in [5.74, 6) is -0.0184. The van der Waals surface area contributed by atoms with Crippen LogP contribution in [0.4, 0.5) is 0 Å². The molecule has 1 fully saturated rings. The molecule has 4 nitrogen and oxygen atoms in total. The molecule has 0 aromatic carbocycles. The number of amides is 1. The Hall–Kier alpha value is -0.610. The first kappa shape index (κ1) is 16.4. The van der Waals surface area contributed by atoms with Gasteiger partial charge in [0.1, 0.15) is 6.10 Å². The number of nitrogens with one attached hydrogen (secondary N) is 1. The Morgan fingerprint density at radius 1 is 1.32 bits per heavy atom. The molecule has 1 aliphatic rings. The van der Waals surface area contributed by atoms with Crippen LogP contribution in [0.25, 0.3) is 0 Å². The van der Waals surface area contributed by atoms with Crippen LogP contribution < -0.4 is 5.32 Å². The van der Waals surface area contributed by atoms with Crippen molar-refractivity contribution >= 4 is 5.91 Å². The van der Waals surface area contributed by atoms with Crippen LogP contribution in [-0.2, 0) is 14.3 Å². The van der Waals surface area contributed by atoms with Crippen molar-refractivity contribution in [3.8, 4) is 0 Å². The molecule has 0 aromatic rings. The van der Waals surface area contributed by atoms with Crippen molar-refractivity contribution in [1.82, 2.24) is 5.32 Å². The molecule has 0 bridgehead atoms. The van der Waals surface area contributed by atoms with Gasteiger partial charge in [-0.15, -0.1) is 0 Å². The molecular weight excluding hydrogens is 242 g/mol. The van der Waals surface area contributed by atoms with Crippen LogP contribution in [0, 0.1) is 0 Å². The quantitative estimate of drug-likeness (QED) is 0.774. The summed E-state index contributed by atoms with van der Waals surface area (Å²) in [7, 11) is 1.64. The lowest BCUT2D eigenvalue weighted by Gasteiger charge is -2.30. The van der Waals surface area contributed by atoms with E-state index in [0.29, 0.717) is 13.0 Å². The van der Waals surface area contributed by atoms with E-state index in [1.165, 1.54) is 19.3 Å². The van der Waals surface area contributed by atoms with Gasteiger partial charge >= 0.3 is 0 Å². The maximum Gasteiger partial charge on any atom is 0.249 e. The third-order valence-corrected chi connectivity index (χ3v) is 3.54. The van der Waals surface area contributed by atoms with Crippen molar-refractivity contribution in [2.45, 2.75) is 77.0 Å². The fraction of sp³-hybridized carbons (Fsp3) is 0.933. The number of methoxy groups -OCH3 is 1. The highest BCUT2D eigenvalue weighted by molar-refractivity contribution is 5.81. The number of carbonyl (C=O) groups is 1. The smallest absolute Gasteiger partial charge is 0.249 e. The van der Waals surface area contributed by atoms with Crippen molar-refractivity contribution in [1.29, 1.82) is 0 Å². The van der Waals surface area contributed by atoms with Gasteiger partial charge in [0.05, 0.1) is 18.2 Å². The van der Waals surface area contributed by atoms with Crippen LogP contribution in [0.3, 0.4) is 0 Å². The summed E-state index contributed by atoms with van der Waals surface area (Å²) in [6.07, 6.45) is 6.55. The molecule has 1 atom stereocenters. The molecular formula is C15H29NO3. The first-order valence-electron chi connectivity index (χ1n) is 7.45. The zero-order chi connectivity index (χ0) is 14.3. The predicted octanol–water partition coefficient (Wildman–Crippen LogP) is 2.66. The zero-order valence-corrected chi connectivity index (χ0v) is 12.8. The fourth-order valence-electron chi connectivity index (χ4n) is 2.59. The van der Waals surface area contributed by atoms with E-state index >= 15 is 0 Å². The minimum atomic E-state index is -0.352. The van der Waals surface area contributed by atoms with Crippen LogP contribution in [-0.4, -0.2) is 37.4 Å². The third-order valence-electron chi connectivity index (χ3n) is 3.54. The Morgan fingerprint density at radius 3 is 2.47 bits per heavy atom. The first-order chi connectivity index (χ1) is 8.98. The summed E-state index contributed by atoms with van der Waals surface area (Å²) in [6.45, 7) is 6.42. The van der Waals surface area contributed by atoms with Crippen LogP contribution >= 0.6 is 0 Å². The van der Waals surface area contributed by atoms with E-state index in [1.807, 2.05) is 20.8 Å². The van der Waals surface area contributed by atoms with Gasteiger partial charge in [0.2, 0.25) is 5.91 Å². The molecule has 0 aliphatic heterocycles. The lowest BCUT2D eigenvalue weighted by Crippen LogP contribution is -2.51. The molecule has 0 radical (unpaired) electrons. The molecule has 0 aromatic heterocycles. The molecule has 1 aliphatic carbocycles. The van der Waals surface area contributed by atoms with Gasteiger partial charge in [-0.25, -0.2) is 0 Å². The van der Waals surface area contributed by atoms with E-state index < -0.39 is 0 Å². The summed E-state index contributed by atoms with van der Waals surface area (Å²) >= 11 is 0. The first-order valence-corrected chi connectivity index (χ1v) is 7.45. The van der Waals surface area contributed by atoms with Crippen molar-refractivity contribution in [2.75, 3.05) is 13.7 Å². The molecule has 1 saturated carbocycles. The SMILES string of the molecule is CC[C@H](OC1CCCCC1)C(=O)NC(C)(C)COC. The van der Waals surface area contributed by atoms with E-state index in [-0.39, 0.29) is 23.7 Å². The topological polar surface area (TPSA) is 47.6 Å². The largest absolute Gasteiger partial charge is 0.382 e. The van der Waals surface area contributed by atoms with Crippen LogP contribution in [0.2, 0.25) is 0 Å². The highest BCUT2D eigenvalue weighted by atomic mass is 16.5. The van der Waals surface area contributed by atoms with Crippen molar-refractivity contribution in [3.05, 3.63) is 0 Å². The molecule has 0 saturated heterocycles. The highest BCUT2D eigenvalue weighted by Gasteiger charge is 2.27. The highest BCUT2D eigenvalue weighted by Crippen LogP contribution is 2.22. The second kappa shape index (κ2) is 7.85. The Kier molecular flexibility index (Phi) is 6.80. The molecule has 112 valence electrons. The van der Waals surface area contributed by atoms with Crippen LogP contribution in [0.15, 0.2) is 0 Å². The van der Waals surface area contributed by atoms with Crippen LogP contribution in [0.5, 0.6) is 0 Å². The summed E-state index contributed by atoms with van der Waals surface area (Å²) < 4.78 is 11.1. The maximum absolute atomic E-state index is 12.2. The van der Waals surface area contributed by atoms with Gasteiger partial charge in [-0.2, -0.15) is 0 Å². The van der Waals surface area contributed by atoms with E-state index in [0.717, 1.165) is 12.8 Å². The molecule has 1 rings (SSSR count). The lowest BCUT2D eigenvalue weighted by atomic mass is 9.97. The Bertz CT molecular complexity index is 273. The van der Waals surface area contributed by atoms with Gasteiger partial charge in [0, 0.05) is 7.11 Å². The van der Waals surface area contributed by atoms with Crippen molar-refractivity contribution in [3.63, 3.8) is 0 Å². The fourth-order valence-corrected chi connectivity index (χ4v) is 2.59. The van der Waals surface area contributed by atoms with E-state index in [9.17, 15) is 4.79 Å². The minimum absolute atomic E-state index is 0.0184. The number of carbonyl (C=O) groups excluding carboxylic acids is 1. The number of hydrogen-bond donors (Lipinski definition) is 1. The average Bonchev–Trinajstić information content (AvgIpc) is 2.36. The second-order valence-electron chi connectivity index (χ2n) is 6.10. The summed E-state index contributed by atoms with van der Waals surface area (Å²) in [5, 5.41) is 3.01. The average molecular weight is 271 g/mol. The maximum atomic E-state index is 12.2. The second-order valence-corrected chi connectivity index (χ2v) is 6.10. The zero-order valence-electron chi connectivity index (χ0n) is 12.8. The number of hydrogen-bond acceptors (Lipinski definition) is 3. The minimum Gasteiger partial charge on any atom is -0.382 e. The number of rotatable bonds is 7. The molecule has 0 unspecified atom stereocenters. The lowest BCUT2D eigenvalue weighted by molar-refractivity contribution is -0.140. The van der Waals surface area contributed by atoms with E-state index in [2.05, 4.69) is 5.32 Å². The Balaban J connectivity index is 2.46. The predicted molar refractivity (Wildman–Crippen MR) is 76.1 cm³/mol. The van der Waals surface area contributed by atoms with Crippen molar-refractivity contribution < 1.29 is 14.3 Å². The van der Waals surface area contributed by atoms with E-state index in [1.54, 1.807) is 7.11 Å². The Labute approximate surface area is 117 Å². The molecule has 0 heterocycles. The molecule has 0 spiro atoms. The van der Waals surface area contributed by atoms with Gasteiger partial charge in [0.15, 0.2) is 0 Å². The van der Waals surface area contributed by atoms with Gasteiger partial charge in [0.25, 0.3) is 0 Å². The Morgan fingerprint density at radius 2 is 1.95 bits per heavy atom. The van der Waals surface area contributed by atoms with Crippen molar-refractivity contribution in [2.24, 2.45) is 0 Å². The normalized spacial score (nSPS) is 19.2. The standard InChI is InChI=1S/C15H29NO3/c1-5-13(19-12-9-7-6-8-10-12)14(17)16-15(2,3)11-18-4/h12-13H,5-11H2,1-4H3,(H,16,17)/t13-/m0/s1. The summed E-state index contributed by atoms with van der Waals surface area (Å²) in [4.78, 5) is 12.2. The van der Waals surface area contributed by atoms with Gasteiger partial charge in [-0.1, -0.05) is 26.2 Å². The molecule has 4 heteroatoms. The van der Waals surface area contributed by atoms with Gasteiger partial charge < -0.3 is 14.8 Å². The van der Waals surface area contributed by atoms with E-state index in [4.69, 9.17) is 9.47 Å². The molecule has 19 heavy (non-hydrogen) atoms. The van der Waals surface area contributed by atoms with Gasteiger partial charge in [-0.05, 0) is 33.1 Å². The number of ether oxygens (including phenoxy) is 2. The summed E-state index contributed by atoms with van der Waals surface area (Å²) in [5.41, 5.74) is -0.352. The monoisotopic (exact) mass is 271 g/mol. The molecule has 1 N–H and O–H groups in total. The molecule has 1 amide bonds. The summed E-state index contributed by atoms with van der Waals surface area (Å²) in [6, 6.07) is 0. The van der Waals surface area contributed by atoms with Gasteiger partial charge in [-0.3, -0.25) is 4.79 Å². The third kappa shape index (κ3) is 5.91.